The third-order valence-corrected chi connectivity index (χ3v) is 1.66. The van der Waals surface area contributed by atoms with Crippen LogP contribution in [0.1, 0.15) is 13.8 Å². The number of nitrogens with zero attached hydrogens (tertiary/aromatic N) is 1. The number of esters is 1. The van der Waals surface area contributed by atoms with Crippen molar-refractivity contribution >= 4 is 11.9 Å². The average Bonchev–Trinajstić information content (AvgIpc) is 2.15. The van der Waals surface area contributed by atoms with Crippen molar-refractivity contribution in [3.05, 3.63) is 16.1 Å². The molecule has 0 aliphatic rings. The Morgan fingerprint density at radius 3 is 2.27 bits per heavy atom. The fourth-order valence-electron chi connectivity index (χ4n) is 0.626. The van der Waals surface area contributed by atoms with Gasteiger partial charge in [0.1, 0.15) is 6.54 Å². The number of aliphatic carboxylic acids is 1. The van der Waals surface area contributed by atoms with E-state index in [9.17, 15) is 14.5 Å². The Balaban J connectivity index is 4.52. The Morgan fingerprint density at radius 2 is 1.87 bits per heavy atom. The van der Waals surface area contributed by atoms with Crippen molar-refractivity contribution in [1.82, 2.24) is 0 Å². The van der Waals surface area contributed by atoms with Gasteiger partial charge in [-0.3, -0.25) is 0 Å². The van der Waals surface area contributed by atoms with Crippen LogP contribution in [0.4, 0.5) is 0 Å². The van der Waals surface area contributed by atoms with Crippen molar-refractivity contribution in [2.45, 2.75) is 20.1 Å². The fraction of sp³-hybridized carbons (Fsp3) is 0.500. The highest BCUT2D eigenvalue weighted by molar-refractivity contribution is 5.98. The quantitative estimate of drug-likeness (QED) is 0.291. The van der Waals surface area contributed by atoms with Gasteiger partial charge in [-0.25, -0.2) is 9.59 Å². The molecule has 0 spiro atoms. The van der Waals surface area contributed by atoms with E-state index in [4.69, 9.17) is 10.2 Å². The highest BCUT2D eigenvalue weighted by Gasteiger charge is 2.17. The van der Waals surface area contributed by atoms with E-state index in [-0.39, 0.29) is 11.1 Å². The summed E-state index contributed by atoms with van der Waals surface area (Å²) in [5.41, 5.74) is -0.335. The molecule has 0 bridgehead atoms. The summed E-state index contributed by atoms with van der Waals surface area (Å²) < 4.78 is 4.33. The zero-order chi connectivity index (χ0) is 12.0. The fourth-order valence-corrected chi connectivity index (χ4v) is 0.626. The SMILES string of the molecule is C/C(C(=O)O)=C(\C)C(=O)OC(O)CN=O. The minimum atomic E-state index is -1.65. The Kier molecular flexibility index (Phi) is 5.18. The number of carbonyl (C=O) groups excluding carboxylic acids is 1. The molecule has 7 heteroatoms. The minimum absolute atomic E-state index is 0.146. The maximum absolute atomic E-state index is 11.1. The number of ether oxygens (including phenoxy) is 1. The van der Waals surface area contributed by atoms with Gasteiger partial charge in [-0.1, -0.05) is 5.18 Å². The molecule has 0 rings (SSSR count). The second-order valence-corrected chi connectivity index (χ2v) is 2.73. The second-order valence-electron chi connectivity index (χ2n) is 2.73. The summed E-state index contributed by atoms with van der Waals surface area (Å²) in [6.45, 7) is 1.88. The molecule has 0 aliphatic heterocycles. The molecule has 1 unspecified atom stereocenters. The molecule has 0 saturated heterocycles. The molecule has 0 aromatic heterocycles. The first-order valence-electron chi connectivity index (χ1n) is 3.99. The van der Waals surface area contributed by atoms with Crippen LogP contribution in [-0.4, -0.2) is 35.0 Å². The minimum Gasteiger partial charge on any atom is -0.478 e. The molecule has 0 amide bonds. The summed E-state index contributed by atoms with van der Waals surface area (Å²) in [5.74, 6) is -2.25. The zero-order valence-corrected chi connectivity index (χ0v) is 8.26. The smallest absolute Gasteiger partial charge is 0.336 e. The Bertz CT molecular complexity index is 308. The Morgan fingerprint density at radius 1 is 1.33 bits per heavy atom. The van der Waals surface area contributed by atoms with Gasteiger partial charge in [-0.2, -0.15) is 4.91 Å². The first kappa shape index (κ1) is 13.2. The van der Waals surface area contributed by atoms with Crippen molar-refractivity contribution in [3.8, 4) is 0 Å². The van der Waals surface area contributed by atoms with E-state index in [2.05, 4.69) is 9.91 Å². The van der Waals surface area contributed by atoms with Crippen LogP contribution < -0.4 is 0 Å². The summed E-state index contributed by atoms with van der Waals surface area (Å²) in [5, 5.41) is 19.7. The number of carbonyl (C=O) groups is 2. The van der Waals surface area contributed by atoms with Crippen LogP contribution >= 0.6 is 0 Å². The van der Waals surface area contributed by atoms with Crippen molar-refractivity contribution < 1.29 is 24.5 Å². The molecular formula is C8H11NO6. The molecular weight excluding hydrogens is 206 g/mol. The second kappa shape index (κ2) is 5.86. The van der Waals surface area contributed by atoms with Gasteiger partial charge in [0.05, 0.1) is 0 Å². The lowest BCUT2D eigenvalue weighted by Gasteiger charge is -2.09. The molecule has 2 N–H and O–H groups in total. The molecule has 84 valence electrons. The van der Waals surface area contributed by atoms with Crippen LogP contribution in [0.25, 0.3) is 0 Å². The van der Waals surface area contributed by atoms with Gasteiger partial charge >= 0.3 is 11.9 Å². The lowest BCUT2D eigenvalue weighted by atomic mass is 10.1. The van der Waals surface area contributed by atoms with Gasteiger partial charge in [0.15, 0.2) is 0 Å². The first-order valence-corrected chi connectivity index (χ1v) is 3.99. The van der Waals surface area contributed by atoms with Gasteiger partial charge in [-0.15, -0.1) is 0 Å². The number of carboxylic acid groups (broad SMARTS) is 1. The van der Waals surface area contributed by atoms with Crippen molar-refractivity contribution in [2.24, 2.45) is 5.18 Å². The van der Waals surface area contributed by atoms with E-state index in [1.807, 2.05) is 0 Å². The number of hydrogen-bond acceptors (Lipinski definition) is 6. The van der Waals surface area contributed by atoms with Gasteiger partial charge in [0, 0.05) is 11.1 Å². The molecule has 0 heterocycles. The lowest BCUT2D eigenvalue weighted by Crippen LogP contribution is -2.22. The van der Waals surface area contributed by atoms with E-state index in [1.54, 1.807) is 0 Å². The van der Waals surface area contributed by atoms with E-state index in [0.717, 1.165) is 0 Å². The van der Waals surface area contributed by atoms with E-state index in [1.165, 1.54) is 13.8 Å². The standard InChI is InChI=1S/C8H11NO6/c1-4(7(11)12)5(2)8(13)15-6(10)3-9-14/h6,10H,3H2,1-2H3,(H,11,12)/b5-4-. The maximum atomic E-state index is 11.1. The molecule has 0 aromatic carbocycles. The summed E-state index contributed by atoms with van der Waals surface area (Å²) in [7, 11) is 0. The van der Waals surface area contributed by atoms with Crippen LogP contribution in [0, 0.1) is 4.91 Å². The average molecular weight is 217 g/mol. The van der Waals surface area contributed by atoms with Crippen LogP contribution in [0.15, 0.2) is 16.3 Å². The number of rotatable bonds is 5. The molecule has 0 fully saturated rings. The van der Waals surface area contributed by atoms with E-state index in [0.29, 0.717) is 0 Å². The largest absolute Gasteiger partial charge is 0.478 e. The highest BCUT2D eigenvalue weighted by Crippen LogP contribution is 2.06. The molecule has 15 heavy (non-hydrogen) atoms. The highest BCUT2D eigenvalue weighted by atomic mass is 16.6. The maximum Gasteiger partial charge on any atom is 0.336 e. The number of nitroso groups, excluding NO2 is 1. The monoisotopic (exact) mass is 217 g/mol. The molecule has 7 nitrogen and oxygen atoms in total. The Hall–Kier alpha value is -1.76. The van der Waals surface area contributed by atoms with Gasteiger partial charge in [0.25, 0.3) is 0 Å². The number of carboxylic acids is 1. The zero-order valence-electron chi connectivity index (χ0n) is 8.26. The van der Waals surface area contributed by atoms with E-state index >= 15 is 0 Å². The summed E-state index contributed by atoms with van der Waals surface area (Å²) in [6.07, 6.45) is -1.65. The summed E-state index contributed by atoms with van der Waals surface area (Å²) in [6, 6.07) is 0. The predicted molar refractivity (Wildman–Crippen MR) is 48.8 cm³/mol. The number of hydrogen-bond donors (Lipinski definition) is 2. The molecule has 0 saturated carbocycles. The van der Waals surface area contributed by atoms with Crippen molar-refractivity contribution in [2.75, 3.05) is 6.54 Å². The number of aliphatic hydroxyl groups is 1. The Labute approximate surface area is 85.3 Å². The predicted octanol–water partition coefficient (Wildman–Crippen LogP) is 0.0354. The molecule has 0 aromatic rings. The summed E-state index contributed by atoms with van der Waals surface area (Å²) >= 11 is 0. The van der Waals surface area contributed by atoms with Gasteiger partial charge < -0.3 is 14.9 Å². The van der Waals surface area contributed by atoms with Crippen LogP contribution in [0.3, 0.4) is 0 Å². The van der Waals surface area contributed by atoms with Crippen molar-refractivity contribution in [3.63, 3.8) is 0 Å². The van der Waals surface area contributed by atoms with E-state index < -0.39 is 24.8 Å². The van der Waals surface area contributed by atoms with Crippen LogP contribution in [0.5, 0.6) is 0 Å². The van der Waals surface area contributed by atoms with Gasteiger partial charge in [0.2, 0.25) is 6.29 Å². The topological polar surface area (TPSA) is 113 Å². The van der Waals surface area contributed by atoms with Crippen molar-refractivity contribution in [1.29, 1.82) is 0 Å². The summed E-state index contributed by atoms with van der Waals surface area (Å²) in [4.78, 5) is 31.3. The number of aliphatic hydroxyl groups excluding tert-OH is 1. The third kappa shape index (κ3) is 4.32. The lowest BCUT2D eigenvalue weighted by molar-refractivity contribution is -0.161. The first-order chi connectivity index (χ1) is 6.90. The van der Waals surface area contributed by atoms with Gasteiger partial charge in [-0.05, 0) is 13.8 Å². The molecule has 0 aliphatic carbocycles. The third-order valence-electron chi connectivity index (χ3n) is 1.66. The molecule has 1 atom stereocenters. The molecule has 0 radical (unpaired) electrons. The van der Waals surface area contributed by atoms with Crippen LogP contribution in [-0.2, 0) is 14.3 Å². The van der Waals surface area contributed by atoms with Crippen LogP contribution in [0.2, 0.25) is 0 Å². The normalized spacial score (nSPS) is 13.8.